The maximum absolute atomic E-state index is 3.61. The molecule has 0 bridgehead atoms. The molecule has 2 rings (SSSR count). The summed E-state index contributed by atoms with van der Waals surface area (Å²) in [6.07, 6.45) is 0. The number of aryl methyl sites for hydroxylation is 6. The minimum atomic E-state index is 0. The first-order valence-corrected chi connectivity index (χ1v) is 9.60. The molecule has 0 spiro atoms. The third-order valence-electron chi connectivity index (χ3n) is 4.94. The van der Waals surface area contributed by atoms with Crippen molar-refractivity contribution in [1.82, 2.24) is 4.90 Å². The van der Waals surface area contributed by atoms with Crippen molar-refractivity contribution < 1.29 is 44.3 Å². The zero-order valence-electron chi connectivity index (χ0n) is 18.7. The monoisotopic (exact) mass is 526 g/mol. The third kappa shape index (κ3) is 9.26. The topological polar surface area (TPSA) is 27.3 Å². The van der Waals surface area contributed by atoms with Crippen LogP contribution in [0.5, 0.6) is 0 Å². The van der Waals surface area contributed by atoms with E-state index in [0.29, 0.717) is 0 Å². The summed E-state index contributed by atoms with van der Waals surface area (Å²) in [6.45, 7) is 17.0. The number of anilines is 2. The summed E-state index contributed by atoms with van der Waals surface area (Å²) in [4.78, 5) is 2.37. The number of hydrogen-bond acceptors (Lipinski definition) is 3. The van der Waals surface area contributed by atoms with Crippen molar-refractivity contribution in [3.63, 3.8) is 0 Å². The number of hydrogen-bond donors (Lipinski definition) is 2. The van der Waals surface area contributed by atoms with Crippen LogP contribution in [0.25, 0.3) is 0 Å². The fraction of sp³-hybridized carbons (Fsp3) is 0.478. The molecule has 0 atom stereocenters. The van der Waals surface area contributed by atoms with Gasteiger partial charge in [-0.25, -0.2) is 0 Å². The van der Waals surface area contributed by atoms with Crippen LogP contribution in [0.4, 0.5) is 11.4 Å². The number of benzene rings is 2. The van der Waals surface area contributed by atoms with Crippen molar-refractivity contribution in [3.8, 4) is 0 Å². The summed E-state index contributed by atoms with van der Waals surface area (Å²) in [7, 11) is 2.19. The van der Waals surface area contributed by atoms with E-state index in [2.05, 4.69) is 88.4 Å². The molecule has 3 nitrogen and oxygen atoms in total. The van der Waals surface area contributed by atoms with E-state index in [4.69, 9.17) is 0 Å². The van der Waals surface area contributed by atoms with Crippen LogP contribution in [0.15, 0.2) is 24.3 Å². The molecule has 2 aromatic rings. The Hall–Kier alpha value is -0.797. The van der Waals surface area contributed by atoms with Crippen molar-refractivity contribution in [3.05, 3.63) is 57.6 Å². The zero-order valence-corrected chi connectivity index (χ0v) is 21.8. The molecule has 0 heterocycles. The van der Waals surface area contributed by atoms with Gasteiger partial charge in [-0.3, -0.25) is 0 Å². The molecule has 2 aromatic carbocycles. The Bertz CT molecular complexity index is 656. The van der Waals surface area contributed by atoms with Gasteiger partial charge < -0.3 is 40.3 Å². The van der Waals surface area contributed by atoms with Crippen LogP contribution in [0.3, 0.4) is 0 Å². The van der Waals surface area contributed by atoms with Crippen molar-refractivity contribution in [1.29, 1.82) is 0 Å². The van der Waals surface area contributed by atoms with Gasteiger partial charge in [-0.2, -0.15) is 0 Å². The van der Waals surface area contributed by atoms with E-state index in [1.54, 1.807) is 0 Å². The van der Waals surface area contributed by atoms with E-state index in [9.17, 15) is 0 Å². The summed E-state index contributed by atoms with van der Waals surface area (Å²) in [5, 5.41) is 7.22. The molecule has 0 amide bonds. The SMILES string of the molecule is Cc1cc(C)c(NCCN(C)CCNc2c(C)cc(C)cc2C)c(C)c1.[Cl-].[Cl-].[Rh+2]. The Morgan fingerprint density at radius 2 is 0.897 bits per heavy atom. The van der Waals surface area contributed by atoms with Gasteiger partial charge in [-0.15, -0.1) is 0 Å². The predicted octanol–water partition coefficient (Wildman–Crippen LogP) is -1.00. The van der Waals surface area contributed by atoms with Crippen molar-refractivity contribution >= 4 is 11.4 Å². The number of rotatable bonds is 8. The van der Waals surface area contributed by atoms with Crippen LogP contribution in [-0.4, -0.2) is 38.1 Å². The second kappa shape index (κ2) is 14.3. The minimum Gasteiger partial charge on any atom is -1.00 e. The molecule has 165 valence electrons. The van der Waals surface area contributed by atoms with Crippen LogP contribution in [-0.2, 0) is 19.5 Å². The van der Waals surface area contributed by atoms with E-state index in [-0.39, 0.29) is 44.3 Å². The van der Waals surface area contributed by atoms with Gasteiger partial charge in [0.2, 0.25) is 0 Å². The fourth-order valence-electron chi connectivity index (χ4n) is 3.77. The first-order valence-electron chi connectivity index (χ1n) is 9.60. The van der Waals surface area contributed by atoms with E-state index >= 15 is 0 Å². The third-order valence-corrected chi connectivity index (χ3v) is 4.94. The Morgan fingerprint density at radius 3 is 1.17 bits per heavy atom. The molecule has 0 aliphatic heterocycles. The average Bonchev–Trinajstić information content (AvgIpc) is 2.52. The first-order chi connectivity index (χ1) is 12.3. The maximum Gasteiger partial charge on any atom is 2.00 e. The summed E-state index contributed by atoms with van der Waals surface area (Å²) >= 11 is 0. The molecule has 6 heteroatoms. The Balaban J connectivity index is 0. The van der Waals surface area contributed by atoms with Gasteiger partial charge in [0.05, 0.1) is 0 Å². The molecule has 1 radical (unpaired) electrons. The van der Waals surface area contributed by atoms with Gasteiger partial charge >= 0.3 is 19.5 Å². The molecule has 2 N–H and O–H groups in total. The molecule has 0 fully saturated rings. The predicted molar refractivity (Wildman–Crippen MR) is 116 cm³/mol. The van der Waals surface area contributed by atoms with E-state index in [1.165, 1.54) is 44.8 Å². The number of nitrogens with one attached hydrogen (secondary N) is 2. The second-order valence-electron chi connectivity index (χ2n) is 7.70. The number of halogens is 2. The Kier molecular flexibility index (Phi) is 14.9. The van der Waals surface area contributed by atoms with Gasteiger partial charge in [-0.05, 0) is 70.8 Å². The van der Waals surface area contributed by atoms with Gasteiger partial charge in [0.1, 0.15) is 0 Å². The number of nitrogens with zero attached hydrogens (tertiary/aromatic N) is 1. The molecular formula is C23H35Cl2N3Rh. The molecule has 0 saturated heterocycles. The van der Waals surface area contributed by atoms with Gasteiger partial charge in [0.15, 0.2) is 0 Å². The largest absolute Gasteiger partial charge is 2.00 e. The number of likely N-dealkylation sites (N-methyl/N-ethyl adjacent to an activating group) is 1. The molecule has 0 aliphatic carbocycles. The van der Waals surface area contributed by atoms with E-state index in [0.717, 1.165) is 26.2 Å². The quantitative estimate of drug-likeness (QED) is 0.432. The molecule has 0 unspecified atom stereocenters. The van der Waals surface area contributed by atoms with Crippen molar-refractivity contribution in [2.45, 2.75) is 41.5 Å². The normalized spacial score (nSPS) is 9.93. The molecule has 29 heavy (non-hydrogen) atoms. The Morgan fingerprint density at radius 1 is 0.621 bits per heavy atom. The first kappa shape index (κ1) is 30.4. The van der Waals surface area contributed by atoms with Crippen LogP contribution in [0.2, 0.25) is 0 Å². The summed E-state index contributed by atoms with van der Waals surface area (Å²) in [5.41, 5.74) is 10.6. The molecule has 0 aromatic heterocycles. The van der Waals surface area contributed by atoms with Crippen molar-refractivity contribution in [2.24, 2.45) is 0 Å². The van der Waals surface area contributed by atoms with Crippen LogP contribution in [0, 0.1) is 41.5 Å². The zero-order chi connectivity index (χ0) is 19.3. The van der Waals surface area contributed by atoms with E-state index < -0.39 is 0 Å². The van der Waals surface area contributed by atoms with Crippen LogP contribution >= 0.6 is 0 Å². The standard InChI is InChI=1S/C23H35N3.2ClH.Rh/c1-16-12-18(3)22(19(4)13-16)24-8-10-26(7)11-9-25-23-20(5)14-17(2)15-21(23)6;;;/h12-15,24-25H,8-11H2,1-7H3;2*1H;/q;;;+2/p-2. The summed E-state index contributed by atoms with van der Waals surface area (Å²) in [6, 6.07) is 8.98. The molecule has 0 aliphatic rings. The second-order valence-corrected chi connectivity index (χ2v) is 7.70. The van der Waals surface area contributed by atoms with Gasteiger partial charge in [0, 0.05) is 37.6 Å². The van der Waals surface area contributed by atoms with E-state index in [1.807, 2.05) is 0 Å². The smallest absolute Gasteiger partial charge is 1.00 e. The van der Waals surface area contributed by atoms with Crippen LogP contribution in [0.1, 0.15) is 33.4 Å². The van der Waals surface area contributed by atoms with Gasteiger partial charge in [0.25, 0.3) is 0 Å². The Labute approximate surface area is 203 Å². The molecular weight excluding hydrogens is 492 g/mol. The van der Waals surface area contributed by atoms with Crippen LogP contribution < -0.4 is 35.4 Å². The maximum atomic E-state index is 3.61. The summed E-state index contributed by atoms with van der Waals surface area (Å²) in [5.74, 6) is 0. The minimum absolute atomic E-state index is 0. The average molecular weight is 527 g/mol. The van der Waals surface area contributed by atoms with Gasteiger partial charge in [-0.1, -0.05) is 35.4 Å². The fourth-order valence-corrected chi connectivity index (χ4v) is 3.77. The van der Waals surface area contributed by atoms with Crippen molar-refractivity contribution in [2.75, 3.05) is 43.9 Å². The summed E-state index contributed by atoms with van der Waals surface area (Å²) < 4.78 is 0. The molecule has 0 saturated carbocycles.